The zero-order valence-electron chi connectivity index (χ0n) is 11.0. The average molecular weight is 405 g/mol. The SMILES string of the molecule is CCc1noc(COc2c(Br)cc(CCN)cc2Br)n1. The van der Waals surface area contributed by atoms with Crippen molar-refractivity contribution in [1.82, 2.24) is 10.1 Å². The predicted molar refractivity (Wildman–Crippen MR) is 82.6 cm³/mol. The summed E-state index contributed by atoms with van der Waals surface area (Å²) in [6.07, 6.45) is 1.56. The Morgan fingerprint density at radius 1 is 1.30 bits per heavy atom. The third-order valence-electron chi connectivity index (χ3n) is 2.66. The molecule has 0 fully saturated rings. The van der Waals surface area contributed by atoms with Gasteiger partial charge in [0.1, 0.15) is 5.75 Å². The molecule has 0 aliphatic carbocycles. The Bertz CT molecular complexity index is 564. The van der Waals surface area contributed by atoms with E-state index in [0.717, 1.165) is 27.4 Å². The molecule has 0 saturated carbocycles. The van der Waals surface area contributed by atoms with Crippen molar-refractivity contribution in [3.63, 3.8) is 0 Å². The minimum Gasteiger partial charge on any atom is -0.481 e. The molecule has 108 valence electrons. The van der Waals surface area contributed by atoms with Crippen LogP contribution in [0.25, 0.3) is 0 Å². The number of aryl methyl sites for hydroxylation is 1. The van der Waals surface area contributed by atoms with Gasteiger partial charge in [0.05, 0.1) is 8.95 Å². The lowest BCUT2D eigenvalue weighted by Crippen LogP contribution is -2.03. The van der Waals surface area contributed by atoms with Gasteiger partial charge in [0.15, 0.2) is 12.4 Å². The van der Waals surface area contributed by atoms with Crippen molar-refractivity contribution in [2.45, 2.75) is 26.4 Å². The monoisotopic (exact) mass is 403 g/mol. The van der Waals surface area contributed by atoms with Crippen molar-refractivity contribution in [3.8, 4) is 5.75 Å². The molecule has 0 aliphatic heterocycles. The van der Waals surface area contributed by atoms with Gasteiger partial charge in [-0.25, -0.2) is 0 Å². The number of nitrogens with zero attached hydrogens (tertiary/aromatic N) is 2. The Morgan fingerprint density at radius 3 is 2.55 bits per heavy atom. The molecule has 2 rings (SSSR count). The van der Waals surface area contributed by atoms with Gasteiger partial charge in [-0.15, -0.1) is 0 Å². The Balaban J connectivity index is 2.09. The first-order valence-electron chi connectivity index (χ1n) is 6.26. The van der Waals surface area contributed by atoms with Crippen molar-refractivity contribution in [3.05, 3.63) is 38.4 Å². The van der Waals surface area contributed by atoms with Crippen molar-refractivity contribution >= 4 is 31.9 Å². The third-order valence-corrected chi connectivity index (χ3v) is 3.84. The summed E-state index contributed by atoms with van der Waals surface area (Å²) in [6, 6.07) is 4.00. The summed E-state index contributed by atoms with van der Waals surface area (Å²) in [6.45, 7) is 2.82. The minimum absolute atomic E-state index is 0.237. The van der Waals surface area contributed by atoms with Crippen molar-refractivity contribution in [1.29, 1.82) is 0 Å². The van der Waals surface area contributed by atoms with E-state index in [9.17, 15) is 0 Å². The molecule has 1 aromatic heterocycles. The maximum Gasteiger partial charge on any atom is 0.264 e. The van der Waals surface area contributed by atoms with Crippen LogP contribution in [-0.2, 0) is 19.4 Å². The normalized spacial score (nSPS) is 10.8. The molecule has 7 heteroatoms. The number of hydrogen-bond donors (Lipinski definition) is 1. The number of rotatable bonds is 6. The third kappa shape index (κ3) is 3.80. The summed E-state index contributed by atoms with van der Waals surface area (Å²) < 4.78 is 12.5. The Labute approximate surface area is 134 Å². The average Bonchev–Trinajstić information content (AvgIpc) is 2.86. The van der Waals surface area contributed by atoms with Gasteiger partial charge in [0.2, 0.25) is 0 Å². The number of benzene rings is 1. The summed E-state index contributed by atoms with van der Waals surface area (Å²) in [5.74, 6) is 1.86. The molecule has 2 aromatic rings. The van der Waals surface area contributed by atoms with E-state index in [2.05, 4.69) is 42.0 Å². The number of nitrogens with two attached hydrogens (primary N) is 1. The highest BCUT2D eigenvalue weighted by Gasteiger charge is 2.11. The van der Waals surface area contributed by atoms with Gasteiger partial charge in [-0.1, -0.05) is 12.1 Å². The van der Waals surface area contributed by atoms with Crippen LogP contribution < -0.4 is 10.5 Å². The molecule has 1 aromatic carbocycles. The summed E-state index contributed by atoms with van der Waals surface area (Å²) in [7, 11) is 0. The molecule has 0 amide bonds. The van der Waals surface area contributed by atoms with E-state index < -0.39 is 0 Å². The number of aromatic nitrogens is 2. The fourth-order valence-corrected chi connectivity index (χ4v) is 3.20. The highest BCUT2D eigenvalue weighted by atomic mass is 79.9. The van der Waals surface area contributed by atoms with Gasteiger partial charge >= 0.3 is 0 Å². The first kappa shape index (κ1) is 15.5. The second-order valence-corrected chi connectivity index (χ2v) is 5.88. The maximum absolute atomic E-state index is 5.72. The van der Waals surface area contributed by atoms with Crippen LogP contribution >= 0.6 is 31.9 Å². The lowest BCUT2D eigenvalue weighted by molar-refractivity contribution is 0.240. The van der Waals surface area contributed by atoms with Crippen LogP contribution in [0.3, 0.4) is 0 Å². The second-order valence-electron chi connectivity index (χ2n) is 4.17. The Hall–Kier alpha value is -0.920. The van der Waals surface area contributed by atoms with Gasteiger partial charge in [0.25, 0.3) is 5.89 Å². The molecule has 0 radical (unpaired) electrons. The summed E-state index contributed by atoms with van der Waals surface area (Å²) in [5, 5.41) is 3.83. The number of ether oxygens (including phenoxy) is 1. The zero-order valence-corrected chi connectivity index (χ0v) is 14.2. The lowest BCUT2D eigenvalue weighted by atomic mass is 10.1. The smallest absolute Gasteiger partial charge is 0.264 e. The van der Waals surface area contributed by atoms with E-state index in [0.29, 0.717) is 24.0 Å². The summed E-state index contributed by atoms with van der Waals surface area (Å²) in [4.78, 5) is 4.20. The maximum atomic E-state index is 5.72. The van der Waals surface area contributed by atoms with E-state index >= 15 is 0 Å². The largest absolute Gasteiger partial charge is 0.481 e. The molecule has 0 spiro atoms. The van der Waals surface area contributed by atoms with E-state index in [1.165, 1.54) is 0 Å². The number of hydrogen-bond acceptors (Lipinski definition) is 5. The Morgan fingerprint density at radius 2 is 2.00 bits per heavy atom. The second kappa shape index (κ2) is 7.19. The molecule has 20 heavy (non-hydrogen) atoms. The van der Waals surface area contributed by atoms with Crippen LogP contribution in [0, 0.1) is 0 Å². The van der Waals surface area contributed by atoms with Gasteiger partial charge in [-0.3, -0.25) is 0 Å². The minimum atomic E-state index is 0.237. The summed E-state index contributed by atoms with van der Waals surface area (Å²) >= 11 is 7.00. The molecule has 2 N–H and O–H groups in total. The molecule has 0 unspecified atom stereocenters. The molecule has 1 heterocycles. The van der Waals surface area contributed by atoms with E-state index in [4.69, 9.17) is 15.0 Å². The van der Waals surface area contributed by atoms with Crippen LogP contribution in [0.1, 0.15) is 24.2 Å². The molecule has 0 aliphatic rings. The van der Waals surface area contributed by atoms with E-state index in [-0.39, 0.29) is 6.61 Å². The van der Waals surface area contributed by atoms with Gasteiger partial charge in [0, 0.05) is 6.42 Å². The van der Waals surface area contributed by atoms with Crippen LogP contribution in [-0.4, -0.2) is 16.7 Å². The van der Waals surface area contributed by atoms with Crippen molar-refractivity contribution in [2.75, 3.05) is 6.54 Å². The highest BCUT2D eigenvalue weighted by Crippen LogP contribution is 2.35. The predicted octanol–water partition coefficient (Wildman–Crippen LogP) is 3.24. The van der Waals surface area contributed by atoms with Crippen LogP contribution in [0.2, 0.25) is 0 Å². The number of halogens is 2. The quantitative estimate of drug-likeness (QED) is 0.799. The van der Waals surface area contributed by atoms with Gasteiger partial charge < -0.3 is 15.0 Å². The van der Waals surface area contributed by atoms with Crippen molar-refractivity contribution in [2.24, 2.45) is 5.73 Å². The lowest BCUT2D eigenvalue weighted by Gasteiger charge is -2.10. The first-order chi connectivity index (χ1) is 9.63. The fourth-order valence-electron chi connectivity index (χ4n) is 1.69. The van der Waals surface area contributed by atoms with Gasteiger partial charge in [-0.2, -0.15) is 4.98 Å². The van der Waals surface area contributed by atoms with E-state index in [1.54, 1.807) is 0 Å². The molecule has 0 atom stereocenters. The molecular weight excluding hydrogens is 390 g/mol. The van der Waals surface area contributed by atoms with Gasteiger partial charge in [-0.05, 0) is 62.5 Å². The zero-order chi connectivity index (χ0) is 14.5. The molecular formula is C13H15Br2N3O2. The van der Waals surface area contributed by atoms with Crippen LogP contribution in [0.15, 0.2) is 25.6 Å². The van der Waals surface area contributed by atoms with Crippen LogP contribution in [0.5, 0.6) is 5.75 Å². The fraction of sp³-hybridized carbons (Fsp3) is 0.385. The van der Waals surface area contributed by atoms with Crippen LogP contribution in [0.4, 0.5) is 0 Å². The summed E-state index contributed by atoms with van der Waals surface area (Å²) in [5.41, 5.74) is 6.70. The highest BCUT2D eigenvalue weighted by molar-refractivity contribution is 9.11. The topological polar surface area (TPSA) is 74.2 Å². The first-order valence-corrected chi connectivity index (χ1v) is 7.84. The Kier molecular flexibility index (Phi) is 5.56. The van der Waals surface area contributed by atoms with E-state index in [1.807, 2.05) is 19.1 Å². The molecule has 0 bridgehead atoms. The molecule has 5 nitrogen and oxygen atoms in total. The van der Waals surface area contributed by atoms with Crippen molar-refractivity contribution < 1.29 is 9.26 Å². The molecule has 0 saturated heterocycles. The standard InChI is InChI=1S/C13H15Br2N3O2/c1-2-11-17-12(20-18-11)7-19-13-9(14)5-8(3-4-16)6-10(13)15/h5-6H,2-4,7,16H2,1H3.